The van der Waals surface area contributed by atoms with Crippen molar-refractivity contribution in [3.05, 3.63) is 76.8 Å². The Morgan fingerprint density at radius 2 is 2.04 bits per heavy atom. The van der Waals surface area contributed by atoms with E-state index in [9.17, 15) is 4.79 Å². The molecule has 1 N–H and O–H groups in total. The molecule has 3 aromatic rings. The second-order valence-corrected chi connectivity index (χ2v) is 5.59. The van der Waals surface area contributed by atoms with Gasteiger partial charge in [0, 0.05) is 17.1 Å². The molecule has 0 spiro atoms. The summed E-state index contributed by atoms with van der Waals surface area (Å²) in [6, 6.07) is 15.0. The normalized spacial score (nSPS) is 10.5. The summed E-state index contributed by atoms with van der Waals surface area (Å²) in [4.78, 5) is 16.4. The molecule has 0 bridgehead atoms. The Hall–Kier alpha value is -2.59. The Morgan fingerprint density at radius 1 is 1.22 bits per heavy atom. The number of rotatable bonds is 4. The lowest BCUT2D eigenvalue weighted by Crippen LogP contribution is -2.24. The zero-order valence-electron chi connectivity index (χ0n) is 12.5. The zero-order valence-corrected chi connectivity index (χ0v) is 13.3. The van der Waals surface area contributed by atoms with E-state index < -0.39 is 0 Å². The summed E-state index contributed by atoms with van der Waals surface area (Å²) in [5, 5.41) is 3.45. The molecular weight excluding hydrogens is 312 g/mol. The van der Waals surface area contributed by atoms with Gasteiger partial charge in [-0.2, -0.15) is 0 Å². The third-order valence-corrected chi connectivity index (χ3v) is 3.81. The average molecular weight is 327 g/mol. The third kappa shape index (κ3) is 3.43. The van der Waals surface area contributed by atoms with Crippen LogP contribution in [0.1, 0.15) is 21.6 Å². The molecule has 0 aliphatic carbocycles. The number of oxazole rings is 1. The van der Waals surface area contributed by atoms with E-state index in [0.717, 1.165) is 16.7 Å². The van der Waals surface area contributed by atoms with Crippen molar-refractivity contribution < 1.29 is 9.21 Å². The van der Waals surface area contributed by atoms with Gasteiger partial charge in [0.15, 0.2) is 17.8 Å². The molecule has 0 radical (unpaired) electrons. The SMILES string of the molecule is Cc1ccccc1CNC(=O)c1ncoc1-c1cccc(Cl)c1. The summed E-state index contributed by atoms with van der Waals surface area (Å²) in [6.07, 6.45) is 1.26. The van der Waals surface area contributed by atoms with Crippen LogP contribution in [-0.2, 0) is 6.54 Å². The molecular formula is C18H15ClN2O2. The molecule has 0 aliphatic heterocycles. The molecule has 116 valence electrons. The first-order chi connectivity index (χ1) is 11.1. The fraction of sp³-hybridized carbons (Fsp3) is 0.111. The van der Waals surface area contributed by atoms with Crippen LogP contribution in [0.4, 0.5) is 0 Å². The first kappa shape index (κ1) is 15.3. The number of hydrogen-bond acceptors (Lipinski definition) is 3. The smallest absolute Gasteiger partial charge is 0.274 e. The van der Waals surface area contributed by atoms with E-state index >= 15 is 0 Å². The van der Waals surface area contributed by atoms with Crippen LogP contribution in [0.15, 0.2) is 59.3 Å². The van der Waals surface area contributed by atoms with Gasteiger partial charge in [0.05, 0.1) is 0 Å². The fourth-order valence-electron chi connectivity index (χ4n) is 2.31. The summed E-state index contributed by atoms with van der Waals surface area (Å²) >= 11 is 5.99. The molecule has 4 nitrogen and oxygen atoms in total. The van der Waals surface area contributed by atoms with Crippen molar-refractivity contribution in [1.29, 1.82) is 0 Å². The summed E-state index contributed by atoms with van der Waals surface area (Å²) < 4.78 is 5.37. The van der Waals surface area contributed by atoms with Crippen LogP contribution in [0.3, 0.4) is 0 Å². The van der Waals surface area contributed by atoms with Crippen molar-refractivity contribution in [2.45, 2.75) is 13.5 Å². The molecule has 0 fully saturated rings. The van der Waals surface area contributed by atoms with Gasteiger partial charge in [-0.1, -0.05) is 48.0 Å². The predicted octanol–water partition coefficient (Wildman–Crippen LogP) is 4.23. The number of benzene rings is 2. The van der Waals surface area contributed by atoms with Gasteiger partial charge in [-0.25, -0.2) is 4.98 Å². The number of carbonyl (C=O) groups excluding carboxylic acids is 1. The molecule has 0 aliphatic rings. The van der Waals surface area contributed by atoms with E-state index in [0.29, 0.717) is 17.3 Å². The van der Waals surface area contributed by atoms with Crippen LogP contribution in [-0.4, -0.2) is 10.9 Å². The van der Waals surface area contributed by atoms with Gasteiger partial charge in [-0.15, -0.1) is 0 Å². The first-order valence-corrected chi connectivity index (χ1v) is 7.55. The van der Waals surface area contributed by atoms with Gasteiger partial charge in [0.2, 0.25) is 0 Å². The molecule has 0 atom stereocenters. The molecule has 0 unspecified atom stereocenters. The molecule has 1 heterocycles. The number of nitrogens with zero attached hydrogens (tertiary/aromatic N) is 1. The summed E-state index contributed by atoms with van der Waals surface area (Å²) in [5.41, 5.74) is 3.16. The highest BCUT2D eigenvalue weighted by Gasteiger charge is 2.18. The Balaban J connectivity index is 1.79. The minimum Gasteiger partial charge on any atom is -0.443 e. The maximum absolute atomic E-state index is 12.4. The van der Waals surface area contributed by atoms with Crippen LogP contribution >= 0.6 is 11.6 Å². The number of hydrogen-bond donors (Lipinski definition) is 1. The lowest BCUT2D eigenvalue weighted by atomic mass is 10.1. The summed E-state index contributed by atoms with van der Waals surface area (Å²) in [6.45, 7) is 2.45. The monoisotopic (exact) mass is 326 g/mol. The van der Waals surface area contributed by atoms with Crippen molar-refractivity contribution in [1.82, 2.24) is 10.3 Å². The van der Waals surface area contributed by atoms with Gasteiger partial charge >= 0.3 is 0 Å². The van der Waals surface area contributed by atoms with Gasteiger partial charge < -0.3 is 9.73 Å². The Labute approximate surface area is 139 Å². The maximum atomic E-state index is 12.4. The number of carbonyl (C=O) groups is 1. The van der Waals surface area contributed by atoms with Crippen LogP contribution in [0.2, 0.25) is 5.02 Å². The van der Waals surface area contributed by atoms with Crippen molar-refractivity contribution in [3.8, 4) is 11.3 Å². The van der Waals surface area contributed by atoms with E-state index in [1.165, 1.54) is 6.39 Å². The topological polar surface area (TPSA) is 55.1 Å². The highest BCUT2D eigenvalue weighted by Crippen LogP contribution is 2.25. The minimum absolute atomic E-state index is 0.251. The number of amides is 1. The lowest BCUT2D eigenvalue weighted by molar-refractivity contribution is 0.0946. The number of halogens is 1. The number of aromatic nitrogens is 1. The van der Waals surface area contributed by atoms with Gasteiger partial charge in [-0.05, 0) is 30.2 Å². The number of nitrogens with one attached hydrogen (secondary N) is 1. The predicted molar refractivity (Wildman–Crippen MR) is 89.3 cm³/mol. The molecule has 3 rings (SSSR count). The molecule has 0 saturated heterocycles. The van der Waals surface area contributed by atoms with Crippen molar-refractivity contribution >= 4 is 17.5 Å². The van der Waals surface area contributed by atoms with Crippen molar-refractivity contribution in [2.24, 2.45) is 0 Å². The van der Waals surface area contributed by atoms with Gasteiger partial charge in [0.1, 0.15) is 0 Å². The Morgan fingerprint density at radius 3 is 2.83 bits per heavy atom. The van der Waals surface area contributed by atoms with E-state index in [2.05, 4.69) is 10.3 Å². The second kappa shape index (κ2) is 6.67. The van der Waals surface area contributed by atoms with Crippen LogP contribution < -0.4 is 5.32 Å². The van der Waals surface area contributed by atoms with Crippen LogP contribution in [0.5, 0.6) is 0 Å². The molecule has 1 amide bonds. The molecule has 5 heteroatoms. The lowest BCUT2D eigenvalue weighted by Gasteiger charge is -2.07. The number of aryl methyl sites for hydroxylation is 1. The van der Waals surface area contributed by atoms with Gasteiger partial charge in [-0.3, -0.25) is 4.79 Å². The summed E-state index contributed by atoms with van der Waals surface area (Å²) in [7, 11) is 0. The van der Waals surface area contributed by atoms with Crippen LogP contribution in [0, 0.1) is 6.92 Å². The average Bonchev–Trinajstić information content (AvgIpc) is 3.03. The highest BCUT2D eigenvalue weighted by atomic mass is 35.5. The van der Waals surface area contributed by atoms with Crippen molar-refractivity contribution in [3.63, 3.8) is 0 Å². The zero-order chi connectivity index (χ0) is 16.2. The quantitative estimate of drug-likeness (QED) is 0.780. The molecule has 1 aromatic heterocycles. The highest BCUT2D eigenvalue weighted by molar-refractivity contribution is 6.30. The standard InChI is InChI=1S/C18H15ClN2O2/c1-12-5-2-3-6-14(12)10-20-18(22)16-17(23-11-21-16)13-7-4-8-15(19)9-13/h2-9,11H,10H2,1H3,(H,20,22). The molecule has 23 heavy (non-hydrogen) atoms. The second-order valence-electron chi connectivity index (χ2n) is 5.15. The third-order valence-electron chi connectivity index (χ3n) is 3.57. The van der Waals surface area contributed by atoms with Crippen molar-refractivity contribution in [2.75, 3.05) is 0 Å². The fourth-order valence-corrected chi connectivity index (χ4v) is 2.50. The van der Waals surface area contributed by atoms with Gasteiger partial charge in [0.25, 0.3) is 5.91 Å². The first-order valence-electron chi connectivity index (χ1n) is 7.17. The van der Waals surface area contributed by atoms with E-state index in [-0.39, 0.29) is 11.6 Å². The molecule has 2 aromatic carbocycles. The van der Waals surface area contributed by atoms with Crippen LogP contribution in [0.25, 0.3) is 11.3 Å². The van der Waals surface area contributed by atoms with E-state index in [1.54, 1.807) is 18.2 Å². The minimum atomic E-state index is -0.281. The van der Waals surface area contributed by atoms with E-state index in [1.807, 2.05) is 37.3 Å². The Bertz CT molecular complexity index is 842. The Kier molecular flexibility index (Phi) is 4.44. The van der Waals surface area contributed by atoms with E-state index in [4.69, 9.17) is 16.0 Å². The largest absolute Gasteiger partial charge is 0.443 e. The maximum Gasteiger partial charge on any atom is 0.274 e. The summed E-state index contributed by atoms with van der Waals surface area (Å²) in [5.74, 6) is 0.131. The molecule has 0 saturated carbocycles.